The Hall–Kier alpha value is -2.33. The van der Waals surface area contributed by atoms with Gasteiger partial charge in [-0.15, -0.1) is 0 Å². The Labute approximate surface area is 321 Å². The van der Waals surface area contributed by atoms with E-state index in [0.29, 0.717) is 11.3 Å². The molecule has 0 aliphatic heterocycles. The third-order valence-corrected chi connectivity index (χ3v) is 10.5. The van der Waals surface area contributed by atoms with Crippen molar-refractivity contribution < 1.29 is 19.0 Å². The highest BCUT2D eigenvalue weighted by Crippen LogP contribution is 2.23. The van der Waals surface area contributed by atoms with E-state index in [1.54, 1.807) is 12.1 Å². The monoisotopic (exact) mass is 721 g/mol. The number of hydrogen-bond donors (Lipinski definition) is 0. The normalized spacial score (nSPS) is 11.9. The summed E-state index contributed by atoms with van der Waals surface area (Å²) in [5.74, 6) is 0.983. The second kappa shape index (κ2) is 33.3. The van der Waals surface area contributed by atoms with Crippen LogP contribution >= 0.6 is 0 Å². The summed E-state index contributed by atoms with van der Waals surface area (Å²) < 4.78 is 17.7. The predicted molar refractivity (Wildman–Crippen MR) is 223 cm³/mol. The fourth-order valence-electron chi connectivity index (χ4n) is 6.98. The molecule has 296 valence electrons. The summed E-state index contributed by atoms with van der Waals surface area (Å²) in [4.78, 5) is 12.7. The summed E-state index contributed by atoms with van der Waals surface area (Å²) in [6.45, 7) is 8.16. The summed E-state index contributed by atoms with van der Waals surface area (Å²) in [6, 6.07) is 15.0. The lowest BCUT2D eigenvalue weighted by atomic mass is 10.0. The first-order chi connectivity index (χ1) is 25.6. The number of carbonyl (C=O) groups is 1. The van der Waals surface area contributed by atoms with E-state index in [0.717, 1.165) is 37.4 Å². The number of benzene rings is 2. The van der Waals surface area contributed by atoms with Gasteiger partial charge in [-0.25, -0.2) is 4.79 Å². The minimum absolute atomic E-state index is 0.0215. The number of esters is 1. The Morgan fingerprint density at radius 3 is 1.19 bits per heavy atom. The van der Waals surface area contributed by atoms with Gasteiger partial charge in [0.05, 0.1) is 18.3 Å². The van der Waals surface area contributed by atoms with Crippen LogP contribution in [0.4, 0.5) is 0 Å². The maximum Gasteiger partial charge on any atom is 0.343 e. The molecule has 4 heteroatoms. The van der Waals surface area contributed by atoms with Crippen molar-refractivity contribution in [3.8, 4) is 11.5 Å². The molecule has 0 spiro atoms. The third kappa shape index (κ3) is 24.8. The highest BCUT2D eigenvalue weighted by molar-refractivity contribution is 5.91. The molecule has 0 heterocycles. The Bertz CT molecular complexity index is 1060. The molecule has 0 saturated heterocycles. The summed E-state index contributed by atoms with van der Waals surface area (Å²) >= 11 is 0. The Kier molecular flexibility index (Phi) is 29.3. The molecule has 0 amide bonds. The maximum absolute atomic E-state index is 12.7. The lowest BCUT2D eigenvalue weighted by molar-refractivity contribution is 0.0627. The van der Waals surface area contributed by atoms with Crippen molar-refractivity contribution in [2.24, 2.45) is 0 Å². The van der Waals surface area contributed by atoms with Crippen LogP contribution in [-0.2, 0) is 4.74 Å². The van der Waals surface area contributed by atoms with Gasteiger partial charge in [0.25, 0.3) is 0 Å². The predicted octanol–water partition coefficient (Wildman–Crippen LogP) is 15.7. The first kappa shape index (κ1) is 45.8. The molecule has 2 rings (SSSR count). The molecule has 1 unspecified atom stereocenters. The zero-order chi connectivity index (χ0) is 37.2. The molecule has 0 aliphatic rings. The highest BCUT2D eigenvalue weighted by Gasteiger charge is 2.11. The molecule has 2 aromatic carbocycles. The van der Waals surface area contributed by atoms with Gasteiger partial charge >= 0.3 is 5.97 Å². The van der Waals surface area contributed by atoms with Gasteiger partial charge < -0.3 is 14.2 Å². The Balaban J connectivity index is 1.44. The number of hydrogen-bond acceptors (Lipinski definition) is 4. The lowest BCUT2D eigenvalue weighted by Gasteiger charge is -2.14. The van der Waals surface area contributed by atoms with Crippen LogP contribution in [0.3, 0.4) is 0 Å². The van der Waals surface area contributed by atoms with Gasteiger partial charge in [-0.1, -0.05) is 199 Å². The van der Waals surface area contributed by atoms with Gasteiger partial charge in [0.15, 0.2) is 0 Å². The molecule has 2 aromatic rings. The average molecular weight is 721 g/mol. The molecular formula is C48H80O4. The van der Waals surface area contributed by atoms with E-state index in [-0.39, 0.29) is 12.1 Å². The van der Waals surface area contributed by atoms with E-state index in [4.69, 9.17) is 14.2 Å². The fourth-order valence-corrected chi connectivity index (χ4v) is 6.98. The molecular weight excluding hydrogens is 641 g/mol. The van der Waals surface area contributed by atoms with Crippen molar-refractivity contribution in [1.29, 1.82) is 0 Å². The first-order valence-electron chi connectivity index (χ1n) is 22.3. The van der Waals surface area contributed by atoms with Crippen LogP contribution in [0.5, 0.6) is 11.5 Å². The van der Waals surface area contributed by atoms with Crippen LogP contribution in [0.2, 0.25) is 0 Å². The van der Waals surface area contributed by atoms with Crippen molar-refractivity contribution in [3.05, 3.63) is 59.7 Å². The molecule has 0 aromatic heterocycles. The van der Waals surface area contributed by atoms with Crippen LogP contribution in [0.1, 0.15) is 229 Å². The number of ether oxygens (including phenoxy) is 3. The van der Waals surface area contributed by atoms with Crippen LogP contribution in [0, 0.1) is 0 Å². The third-order valence-electron chi connectivity index (χ3n) is 10.5. The van der Waals surface area contributed by atoms with E-state index in [2.05, 4.69) is 20.8 Å². The minimum Gasteiger partial charge on any atom is -0.494 e. The van der Waals surface area contributed by atoms with Gasteiger partial charge in [0.2, 0.25) is 0 Å². The van der Waals surface area contributed by atoms with Gasteiger partial charge in [-0.05, 0) is 61.7 Å². The quantitative estimate of drug-likeness (QED) is 0.0399. The molecule has 0 radical (unpaired) electrons. The van der Waals surface area contributed by atoms with Gasteiger partial charge in [0.1, 0.15) is 11.5 Å². The molecule has 52 heavy (non-hydrogen) atoms. The van der Waals surface area contributed by atoms with E-state index < -0.39 is 0 Å². The Morgan fingerprint density at radius 1 is 0.442 bits per heavy atom. The van der Waals surface area contributed by atoms with E-state index >= 15 is 0 Å². The number of unbranched alkanes of at least 4 members (excludes halogenated alkanes) is 27. The summed E-state index contributed by atoms with van der Waals surface area (Å²) in [5, 5.41) is 0. The second-order valence-electron chi connectivity index (χ2n) is 15.4. The van der Waals surface area contributed by atoms with Crippen LogP contribution in [0.25, 0.3) is 0 Å². The zero-order valence-electron chi connectivity index (χ0n) is 34.2. The molecule has 0 fully saturated rings. The zero-order valence-corrected chi connectivity index (χ0v) is 34.2. The highest BCUT2D eigenvalue weighted by atomic mass is 16.5. The maximum atomic E-state index is 12.7. The molecule has 4 nitrogen and oxygen atoms in total. The van der Waals surface area contributed by atoms with E-state index in [1.807, 2.05) is 36.4 Å². The van der Waals surface area contributed by atoms with Gasteiger partial charge in [0, 0.05) is 6.61 Å². The van der Waals surface area contributed by atoms with E-state index in [1.165, 1.54) is 173 Å². The second-order valence-corrected chi connectivity index (χ2v) is 15.4. The smallest absolute Gasteiger partial charge is 0.343 e. The van der Waals surface area contributed by atoms with Crippen LogP contribution in [-0.4, -0.2) is 19.2 Å². The summed E-state index contributed by atoms with van der Waals surface area (Å²) in [7, 11) is 0. The van der Waals surface area contributed by atoms with Crippen molar-refractivity contribution >= 4 is 5.97 Å². The molecule has 0 aliphatic carbocycles. The minimum atomic E-state index is -0.358. The summed E-state index contributed by atoms with van der Waals surface area (Å²) in [5.41, 5.74) is 1.62. The van der Waals surface area contributed by atoms with E-state index in [9.17, 15) is 4.79 Å². The van der Waals surface area contributed by atoms with Crippen LogP contribution in [0.15, 0.2) is 48.5 Å². The largest absolute Gasteiger partial charge is 0.494 e. The van der Waals surface area contributed by atoms with Crippen molar-refractivity contribution in [2.45, 2.75) is 213 Å². The van der Waals surface area contributed by atoms with Crippen molar-refractivity contribution in [3.63, 3.8) is 0 Å². The first-order valence-corrected chi connectivity index (χ1v) is 22.3. The summed E-state index contributed by atoms with van der Waals surface area (Å²) in [6.07, 6.45) is 39.5. The van der Waals surface area contributed by atoms with Crippen LogP contribution < -0.4 is 9.47 Å². The van der Waals surface area contributed by atoms with Gasteiger partial charge in [-0.3, -0.25) is 0 Å². The van der Waals surface area contributed by atoms with Gasteiger partial charge in [-0.2, -0.15) is 0 Å². The molecule has 0 N–H and O–H groups in total. The SMILES string of the molecule is CCCCCCCCCCCCCCCCCCCCOC(C)c1ccc(OC(=O)c2ccc(OCCCCCCCCCCCCC)cc2)cc1. The molecule has 0 saturated carbocycles. The number of rotatable bonds is 36. The number of carbonyl (C=O) groups excluding carboxylic acids is 1. The molecule has 0 bridgehead atoms. The lowest BCUT2D eigenvalue weighted by Crippen LogP contribution is -2.09. The standard InChI is InChI=1S/C48H80O4/c1-4-6-8-10-12-14-16-17-18-19-20-21-22-24-25-27-29-31-41-50-43(3)44-33-39-47(40-34-44)52-48(49)45-35-37-46(38-36-45)51-42-32-30-28-26-23-15-13-11-9-7-5-2/h33-40,43H,4-32,41-42H2,1-3H3. The van der Waals surface area contributed by atoms with Crippen molar-refractivity contribution in [2.75, 3.05) is 13.2 Å². The Morgan fingerprint density at radius 2 is 0.788 bits per heavy atom. The average Bonchev–Trinajstić information content (AvgIpc) is 3.16. The van der Waals surface area contributed by atoms with Crippen molar-refractivity contribution in [1.82, 2.24) is 0 Å². The fraction of sp³-hybridized carbons (Fsp3) is 0.729. The topological polar surface area (TPSA) is 44.8 Å². The molecule has 1 atom stereocenters.